The second-order valence-corrected chi connectivity index (χ2v) is 7.76. The molecule has 6 heteroatoms. The van der Waals surface area contributed by atoms with Crippen molar-refractivity contribution < 1.29 is 14.7 Å². The molecule has 2 heterocycles. The van der Waals surface area contributed by atoms with Gasteiger partial charge in [0.15, 0.2) is 0 Å². The normalized spacial score (nSPS) is 23.8. The van der Waals surface area contributed by atoms with Crippen molar-refractivity contribution in [3.63, 3.8) is 0 Å². The van der Waals surface area contributed by atoms with Crippen molar-refractivity contribution >= 4 is 23.6 Å². The minimum Gasteiger partial charge on any atom is -0.509 e. The van der Waals surface area contributed by atoms with Crippen molar-refractivity contribution in [3.05, 3.63) is 11.3 Å². The number of hydrogen-bond donors (Lipinski definition) is 2. The SMILES string of the molecule is CCCC.O=C(NCC1CCCCC1)C1=C(O)C2CSCN2C1=O. The highest BCUT2D eigenvalue weighted by Gasteiger charge is 2.45. The van der Waals surface area contributed by atoms with Gasteiger partial charge in [0.05, 0.1) is 5.88 Å². The van der Waals surface area contributed by atoms with Crippen molar-refractivity contribution in [1.29, 1.82) is 0 Å². The predicted molar refractivity (Wildman–Crippen MR) is 97.8 cm³/mol. The first-order chi connectivity index (χ1) is 11.6. The number of thioether (sulfide) groups is 1. The molecule has 0 aromatic carbocycles. The Balaban J connectivity index is 0.000000471. The molecule has 0 bridgehead atoms. The number of fused-ring (bicyclic) bond motifs is 1. The van der Waals surface area contributed by atoms with Crippen LogP contribution >= 0.6 is 11.8 Å². The standard InChI is InChI=1S/C14H20N2O3S.C4H10/c17-12-10-7-20-8-16(10)14(19)11(12)13(18)15-6-9-4-2-1-3-5-9;1-3-4-2/h9-10,17H,1-8H2,(H,15,18);3-4H2,1-2H3. The number of aliphatic hydroxyl groups is 1. The monoisotopic (exact) mass is 354 g/mol. The van der Waals surface area contributed by atoms with Gasteiger partial charge in [0.1, 0.15) is 17.4 Å². The highest BCUT2D eigenvalue weighted by Crippen LogP contribution is 2.33. The maximum Gasteiger partial charge on any atom is 0.264 e. The Hall–Kier alpha value is -1.17. The van der Waals surface area contributed by atoms with Crippen LogP contribution in [0, 0.1) is 5.92 Å². The summed E-state index contributed by atoms with van der Waals surface area (Å²) in [5.74, 6) is 0.990. The quantitative estimate of drug-likeness (QED) is 0.761. The summed E-state index contributed by atoms with van der Waals surface area (Å²) in [7, 11) is 0. The van der Waals surface area contributed by atoms with Crippen LogP contribution in [0.4, 0.5) is 0 Å². The second-order valence-electron chi connectivity index (χ2n) is 6.76. The molecule has 3 rings (SSSR count). The first kappa shape index (κ1) is 19.2. The van der Waals surface area contributed by atoms with Crippen LogP contribution in [-0.2, 0) is 9.59 Å². The van der Waals surface area contributed by atoms with Crippen molar-refractivity contribution in [2.24, 2.45) is 5.92 Å². The predicted octanol–water partition coefficient (Wildman–Crippen LogP) is 3.22. The van der Waals surface area contributed by atoms with E-state index in [-0.39, 0.29) is 23.3 Å². The Kier molecular flexibility index (Phi) is 7.46. The lowest BCUT2D eigenvalue weighted by molar-refractivity contribution is -0.128. The van der Waals surface area contributed by atoms with Crippen LogP contribution in [0.2, 0.25) is 0 Å². The van der Waals surface area contributed by atoms with Gasteiger partial charge in [-0.2, -0.15) is 0 Å². The van der Waals surface area contributed by atoms with Crippen LogP contribution < -0.4 is 5.32 Å². The van der Waals surface area contributed by atoms with Crippen molar-refractivity contribution in [2.75, 3.05) is 18.2 Å². The highest BCUT2D eigenvalue weighted by atomic mass is 32.2. The molecule has 2 N–H and O–H groups in total. The number of unbranched alkanes of at least 4 members (excludes halogenated alkanes) is 1. The Labute approximate surface area is 149 Å². The average molecular weight is 355 g/mol. The molecule has 0 spiro atoms. The van der Waals surface area contributed by atoms with Gasteiger partial charge >= 0.3 is 0 Å². The highest BCUT2D eigenvalue weighted by molar-refractivity contribution is 7.99. The molecule has 24 heavy (non-hydrogen) atoms. The molecule has 136 valence electrons. The van der Waals surface area contributed by atoms with E-state index >= 15 is 0 Å². The summed E-state index contributed by atoms with van der Waals surface area (Å²) < 4.78 is 0. The lowest BCUT2D eigenvalue weighted by Gasteiger charge is -2.21. The third-order valence-electron chi connectivity index (χ3n) is 4.93. The smallest absolute Gasteiger partial charge is 0.264 e. The number of aliphatic hydroxyl groups excluding tert-OH is 1. The summed E-state index contributed by atoms with van der Waals surface area (Å²) in [6.45, 7) is 4.97. The van der Waals surface area contributed by atoms with Crippen LogP contribution in [0.15, 0.2) is 11.3 Å². The number of carbonyl (C=O) groups is 2. The number of nitrogens with zero attached hydrogens (tertiary/aromatic N) is 1. The average Bonchev–Trinajstić information content (AvgIpc) is 3.18. The molecule has 1 saturated carbocycles. The van der Waals surface area contributed by atoms with Crippen LogP contribution in [0.1, 0.15) is 58.8 Å². The molecular weight excluding hydrogens is 324 g/mol. The Bertz CT molecular complexity index is 485. The number of hydrogen-bond acceptors (Lipinski definition) is 4. The van der Waals surface area contributed by atoms with E-state index in [2.05, 4.69) is 19.2 Å². The fourth-order valence-electron chi connectivity index (χ4n) is 3.22. The Morgan fingerprint density at radius 3 is 2.50 bits per heavy atom. The lowest BCUT2D eigenvalue weighted by atomic mass is 9.89. The lowest BCUT2D eigenvalue weighted by Crippen LogP contribution is -2.36. The first-order valence-corrected chi connectivity index (χ1v) is 10.4. The third kappa shape index (κ3) is 4.47. The molecule has 2 fully saturated rings. The zero-order chi connectivity index (χ0) is 17.5. The largest absolute Gasteiger partial charge is 0.509 e. The Morgan fingerprint density at radius 2 is 1.92 bits per heavy atom. The molecule has 2 amide bonds. The van der Waals surface area contributed by atoms with E-state index in [1.807, 2.05) is 0 Å². The van der Waals surface area contributed by atoms with Gasteiger partial charge in [-0.3, -0.25) is 9.59 Å². The summed E-state index contributed by atoms with van der Waals surface area (Å²) in [5, 5.41) is 12.9. The first-order valence-electron chi connectivity index (χ1n) is 9.20. The molecule has 5 nitrogen and oxygen atoms in total. The summed E-state index contributed by atoms with van der Waals surface area (Å²) in [6, 6.07) is -0.289. The zero-order valence-corrected chi connectivity index (χ0v) is 15.7. The Morgan fingerprint density at radius 1 is 1.25 bits per heavy atom. The van der Waals surface area contributed by atoms with E-state index < -0.39 is 5.91 Å². The van der Waals surface area contributed by atoms with Gasteiger partial charge in [0, 0.05) is 12.3 Å². The van der Waals surface area contributed by atoms with Crippen LogP contribution in [-0.4, -0.2) is 46.0 Å². The zero-order valence-electron chi connectivity index (χ0n) is 14.8. The van der Waals surface area contributed by atoms with E-state index in [0.29, 0.717) is 24.1 Å². The van der Waals surface area contributed by atoms with Crippen LogP contribution in [0.5, 0.6) is 0 Å². The number of carbonyl (C=O) groups excluding carboxylic acids is 2. The van der Waals surface area contributed by atoms with E-state index in [1.54, 1.807) is 16.7 Å². The summed E-state index contributed by atoms with van der Waals surface area (Å²) in [6.07, 6.45) is 8.65. The van der Waals surface area contributed by atoms with Gasteiger partial charge in [0.25, 0.3) is 11.8 Å². The fraction of sp³-hybridized carbons (Fsp3) is 0.778. The van der Waals surface area contributed by atoms with Gasteiger partial charge in [0.2, 0.25) is 0 Å². The second kappa shape index (κ2) is 9.35. The molecule has 0 aromatic rings. The number of amides is 2. The van der Waals surface area contributed by atoms with Crippen LogP contribution in [0.3, 0.4) is 0 Å². The van der Waals surface area contributed by atoms with Gasteiger partial charge in [-0.25, -0.2) is 0 Å². The fourth-order valence-corrected chi connectivity index (χ4v) is 4.38. The molecule has 0 aromatic heterocycles. The maximum absolute atomic E-state index is 12.2. The van der Waals surface area contributed by atoms with E-state index in [1.165, 1.54) is 32.1 Å². The summed E-state index contributed by atoms with van der Waals surface area (Å²) >= 11 is 1.60. The molecule has 3 aliphatic rings. The molecular formula is C18H30N2O3S. The topological polar surface area (TPSA) is 69.6 Å². The minimum absolute atomic E-state index is 0.0360. The summed E-state index contributed by atoms with van der Waals surface area (Å²) in [5.41, 5.74) is -0.0360. The molecule has 0 radical (unpaired) electrons. The van der Waals surface area contributed by atoms with Gasteiger partial charge in [-0.15, -0.1) is 11.8 Å². The molecule has 2 aliphatic heterocycles. The molecule has 1 saturated heterocycles. The van der Waals surface area contributed by atoms with Crippen molar-refractivity contribution in [3.8, 4) is 0 Å². The maximum atomic E-state index is 12.2. The minimum atomic E-state index is -0.405. The van der Waals surface area contributed by atoms with E-state index in [0.717, 1.165) is 12.8 Å². The summed E-state index contributed by atoms with van der Waals surface area (Å²) in [4.78, 5) is 25.9. The van der Waals surface area contributed by atoms with E-state index in [9.17, 15) is 14.7 Å². The van der Waals surface area contributed by atoms with Gasteiger partial charge < -0.3 is 15.3 Å². The van der Waals surface area contributed by atoms with Crippen molar-refractivity contribution in [1.82, 2.24) is 10.2 Å². The van der Waals surface area contributed by atoms with Gasteiger partial charge in [-0.1, -0.05) is 46.0 Å². The molecule has 1 aliphatic carbocycles. The van der Waals surface area contributed by atoms with E-state index in [4.69, 9.17) is 0 Å². The van der Waals surface area contributed by atoms with Crippen LogP contribution in [0.25, 0.3) is 0 Å². The van der Waals surface area contributed by atoms with Gasteiger partial charge in [-0.05, 0) is 18.8 Å². The van der Waals surface area contributed by atoms with Crippen molar-refractivity contribution in [2.45, 2.75) is 64.8 Å². The number of nitrogens with one attached hydrogen (secondary N) is 1. The molecule has 1 unspecified atom stereocenters. The third-order valence-corrected chi connectivity index (χ3v) is 5.94. The molecule has 1 atom stereocenters. The number of rotatable bonds is 4.